The van der Waals surface area contributed by atoms with E-state index in [1.54, 1.807) is 0 Å². The van der Waals surface area contributed by atoms with Crippen molar-refractivity contribution in [1.29, 1.82) is 0 Å². The molecule has 0 fully saturated rings. The Bertz CT molecular complexity index is 221. The SMILES string of the molecule is Cc1ccc(/C=C\Cl)cc1. The zero-order valence-corrected chi connectivity index (χ0v) is 6.60. The van der Waals surface area contributed by atoms with Crippen LogP contribution in [0.3, 0.4) is 0 Å². The zero-order valence-electron chi connectivity index (χ0n) is 5.84. The normalized spacial score (nSPS) is 10.6. The number of hydrogen-bond donors (Lipinski definition) is 0. The highest BCUT2D eigenvalue weighted by atomic mass is 35.5. The molecule has 1 heteroatoms. The number of rotatable bonds is 1. The molecule has 0 saturated carbocycles. The second kappa shape index (κ2) is 3.43. The van der Waals surface area contributed by atoms with Crippen LogP contribution in [0, 0.1) is 6.92 Å². The van der Waals surface area contributed by atoms with Crippen molar-refractivity contribution in [3.63, 3.8) is 0 Å². The minimum absolute atomic E-state index is 1.14. The molecule has 52 valence electrons. The van der Waals surface area contributed by atoms with Crippen molar-refractivity contribution >= 4 is 17.7 Å². The quantitative estimate of drug-likeness (QED) is 0.580. The molecule has 0 bridgehead atoms. The molecule has 1 aromatic rings. The largest absolute Gasteiger partial charge is 0.0929 e. The van der Waals surface area contributed by atoms with Crippen LogP contribution in [0.5, 0.6) is 0 Å². The first-order valence-electron chi connectivity index (χ1n) is 3.16. The van der Waals surface area contributed by atoms with Crippen molar-refractivity contribution < 1.29 is 0 Å². The topological polar surface area (TPSA) is 0 Å². The van der Waals surface area contributed by atoms with E-state index >= 15 is 0 Å². The van der Waals surface area contributed by atoms with Gasteiger partial charge in [0, 0.05) is 5.54 Å². The molecule has 0 aliphatic carbocycles. The summed E-state index contributed by atoms with van der Waals surface area (Å²) in [6.45, 7) is 2.06. The Morgan fingerprint density at radius 3 is 2.30 bits per heavy atom. The fraction of sp³-hybridized carbons (Fsp3) is 0.111. The van der Waals surface area contributed by atoms with Gasteiger partial charge in [0.1, 0.15) is 0 Å². The van der Waals surface area contributed by atoms with Crippen LogP contribution in [0.15, 0.2) is 29.8 Å². The first-order valence-corrected chi connectivity index (χ1v) is 3.60. The van der Waals surface area contributed by atoms with Gasteiger partial charge in [0.15, 0.2) is 0 Å². The zero-order chi connectivity index (χ0) is 7.40. The minimum atomic E-state index is 1.14. The molecule has 0 N–H and O–H groups in total. The Morgan fingerprint density at radius 2 is 1.80 bits per heavy atom. The third-order valence-electron chi connectivity index (χ3n) is 1.33. The van der Waals surface area contributed by atoms with Gasteiger partial charge in [-0.05, 0) is 18.6 Å². The average molecular weight is 153 g/mol. The molecule has 0 nitrogen and oxygen atoms in total. The van der Waals surface area contributed by atoms with Gasteiger partial charge in [0.05, 0.1) is 0 Å². The van der Waals surface area contributed by atoms with Crippen LogP contribution in [0.4, 0.5) is 0 Å². The summed E-state index contributed by atoms with van der Waals surface area (Å²) >= 11 is 5.40. The van der Waals surface area contributed by atoms with Crippen molar-refractivity contribution in [2.24, 2.45) is 0 Å². The average Bonchev–Trinajstić information content (AvgIpc) is 1.95. The van der Waals surface area contributed by atoms with Crippen LogP contribution < -0.4 is 0 Å². The van der Waals surface area contributed by atoms with Gasteiger partial charge in [-0.2, -0.15) is 0 Å². The molecular formula is C9H9Cl. The van der Waals surface area contributed by atoms with Gasteiger partial charge >= 0.3 is 0 Å². The second-order valence-electron chi connectivity index (χ2n) is 2.20. The minimum Gasteiger partial charge on any atom is -0.0929 e. The number of hydrogen-bond acceptors (Lipinski definition) is 0. The summed E-state index contributed by atoms with van der Waals surface area (Å²) in [5.74, 6) is 0. The van der Waals surface area contributed by atoms with E-state index < -0.39 is 0 Å². The highest BCUT2D eigenvalue weighted by molar-refractivity contribution is 6.27. The first-order chi connectivity index (χ1) is 4.83. The predicted molar refractivity (Wildman–Crippen MR) is 46.1 cm³/mol. The van der Waals surface area contributed by atoms with Crippen LogP contribution in [-0.2, 0) is 0 Å². The fourth-order valence-electron chi connectivity index (χ4n) is 0.750. The summed E-state index contributed by atoms with van der Waals surface area (Å²) in [4.78, 5) is 0. The molecule has 0 heterocycles. The van der Waals surface area contributed by atoms with Gasteiger partial charge in [0.25, 0.3) is 0 Å². The lowest BCUT2D eigenvalue weighted by Gasteiger charge is -1.92. The molecule has 0 radical (unpaired) electrons. The van der Waals surface area contributed by atoms with Gasteiger partial charge in [-0.3, -0.25) is 0 Å². The lowest BCUT2D eigenvalue weighted by molar-refractivity contribution is 1.46. The van der Waals surface area contributed by atoms with Crippen LogP contribution >= 0.6 is 11.6 Å². The maximum atomic E-state index is 5.40. The molecule has 0 aliphatic heterocycles. The van der Waals surface area contributed by atoms with E-state index in [1.165, 1.54) is 11.1 Å². The van der Waals surface area contributed by atoms with E-state index in [9.17, 15) is 0 Å². The van der Waals surface area contributed by atoms with Crippen molar-refractivity contribution in [3.05, 3.63) is 40.9 Å². The monoisotopic (exact) mass is 152 g/mol. The second-order valence-corrected chi connectivity index (χ2v) is 2.46. The van der Waals surface area contributed by atoms with Gasteiger partial charge in [-0.15, -0.1) is 0 Å². The Balaban J connectivity index is 2.89. The summed E-state index contributed by atoms with van der Waals surface area (Å²) in [6, 6.07) is 8.20. The smallest absolute Gasteiger partial charge is 0.00484 e. The van der Waals surface area contributed by atoms with Gasteiger partial charge < -0.3 is 0 Å². The van der Waals surface area contributed by atoms with Crippen LogP contribution in [0.25, 0.3) is 6.08 Å². The molecular weight excluding hydrogens is 144 g/mol. The molecule has 0 spiro atoms. The van der Waals surface area contributed by atoms with E-state index in [4.69, 9.17) is 11.6 Å². The summed E-state index contributed by atoms with van der Waals surface area (Å²) in [6.07, 6.45) is 1.86. The van der Waals surface area contributed by atoms with Crippen molar-refractivity contribution in [2.75, 3.05) is 0 Å². The molecule has 0 atom stereocenters. The summed E-state index contributed by atoms with van der Waals surface area (Å²) in [5, 5.41) is 0. The van der Waals surface area contributed by atoms with E-state index in [-0.39, 0.29) is 0 Å². The molecule has 0 unspecified atom stereocenters. The maximum Gasteiger partial charge on any atom is 0.00484 e. The Labute approximate surface area is 66.1 Å². The lowest BCUT2D eigenvalue weighted by Crippen LogP contribution is -1.71. The first kappa shape index (κ1) is 7.36. The van der Waals surface area contributed by atoms with Crippen molar-refractivity contribution in [1.82, 2.24) is 0 Å². The number of aryl methyl sites for hydroxylation is 1. The molecule has 0 saturated heterocycles. The molecule has 1 aromatic carbocycles. The lowest BCUT2D eigenvalue weighted by atomic mass is 10.2. The maximum absolute atomic E-state index is 5.40. The third kappa shape index (κ3) is 1.89. The van der Waals surface area contributed by atoms with E-state index in [0.717, 1.165) is 5.56 Å². The predicted octanol–water partition coefficient (Wildman–Crippen LogP) is 3.20. The Kier molecular flexibility index (Phi) is 2.52. The number of benzene rings is 1. The molecule has 0 aliphatic rings. The van der Waals surface area contributed by atoms with Crippen LogP contribution in [0.2, 0.25) is 0 Å². The standard InChI is InChI=1S/C9H9Cl/c1-8-2-4-9(5-3-8)6-7-10/h2-7H,1H3/b7-6-. The van der Waals surface area contributed by atoms with Crippen LogP contribution in [0.1, 0.15) is 11.1 Å². The van der Waals surface area contributed by atoms with Crippen LogP contribution in [-0.4, -0.2) is 0 Å². The number of halogens is 1. The molecule has 0 aromatic heterocycles. The van der Waals surface area contributed by atoms with Gasteiger partial charge in [0.2, 0.25) is 0 Å². The molecule has 0 amide bonds. The summed E-state index contributed by atoms with van der Waals surface area (Å²) in [5.41, 5.74) is 3.93. The van der Waals surface area contributed by atoms with E-state index in [1.807, 2.05) is 18.2 Å². The fourth-order valence-corrected chi connectivity index (χ4v) is 0.896. The Morgan fingerprint density at radius 1 is 1.20 bits per heavy atom. The van der Waals surface area contributed by atoms with Gasteiger partial charge in [-0.25, -0.2) is 0 Å². The van der Waals surface area contributed by atoms with E-state index in [0.29, 0.717) is 0 Å². The Hall–Kier alpha value is -0.750. The summed E-state index contributed by atoms with van der Waals surface area (Å²) in [7, 11) is 0. The highest BCUT2D eigenvalue weighted by Gasteiger charge is 1.83. The van der Waals surface area contributed by atoms with E-state index in [2.05, 4.69) is 19.1 Å². The highest BCUT2D eigenvalue weighted by Crippen LogP contribution is 2.04. The molecule has 10 heavy (non-hydrogen) atoms. The van der Waals surface area contributed by atoms with Gasteiger partial charge in [-0.1, -0.05) is 41.4 Å². The van der Waals surface area contributed by atoms with Crippen molar-refractivity contribution in [2.45, 2.75) is 6.92 Å². The molecule has 1 rings (SSSR count). The summed E-state index contributed by atoms with van der Waals surface area (Å²) < 4.78 is 0. The van der Waals surface area contributed by atoms with Crippen molar-refractivity contribution in [3.8, 4) is 0 Å². The third-order valence-corrected chi connectivity index (χ3v) is 1.46.